The molecule has 0 bridgehead atoms. The van der Waals surface area contributed by atoms with Gasteiger partial charge in [0, 0.05) is 4.47 Å². The Morgan fingerprint density at radius 3 is 2.95 bits per heavy atom. The van der Waals surface area contributed by atoms with Crippen LogP contribution in [-0.2, 0) is 4.79 Å². The lowest BCUT2D eigenvalue weighted by molar-refractivity contribution is -0.122. The number of halogens is 2. The minimum absolute atomic E-state index is 0.177. The second kappa shape index (κ2) is 5.59. The number of hydrogen-bond acceptors (Lipinski definition) is 2. The van der Waals surface area contributed by atoms with Gasteiger partial charge in [-0.1, -0.05) is 35.7 Å². The van der Waals surface area contributed by atoms with Crippen molar-refractivity contribution in [2.24, 2.45) is 11.7 Å². The monoisotopic (exact) mass is 328 g/mol. The Bertz CT molecular complexity index is 494. The molecule has 104 valence electrons. The molecule has 1 aromatic rings. The first-order valence-corrected chi connectivity index (χ1v) is 7.25. The van der Waals surface area contributed by atoms with Gasteiger partial charge >= 0.3 is 0 Å². The largest absolute Gasteiger partial charge is 0.322 e. The summed E-state index contributed by atoms with van der Waals surface area (Å²) in [5.74, 6) is -0.324. The Balaban J connectivity index is 2.12. The van der Waals surface area contributed by atoms with Gasteiger partial charge in [0.2, 0.25) is 5.91 Å². The van der Waals surface area contributed by atoms with Crippen LogP contribution >= 0.6 is 15.9 Å². The van der Waals surface area contributed by atoms with Gasteiger partial charge in [-0.05, 0) is 37.0 Å². The van der Waals surface area contributed by atoms with E-state index in [1.165, 1.54) is 12.1 Å². The molecule has 1 saturated carbocycles. The van der Waals surface area contributed by atoms with E-state index < -0.39 is 11.4 Å². The molecule has 1 aromatic carbocycles. The molecule has 5 heteroatoms. The van der Waals surface area contributed by atoms with E-state index in [4.69, 9.17) is 5.73 Å². The standard InChI is InChI=1S/C14H18BrFN2O/c1-9-3-2-6-14(17,8-9)13(19)18-12-5-4-10(15)7-11(12)16/h4-5,7,9H,2-3,6,8,17H2,1H3,(H,18,19). The number of hydrogen-bond donors (Lipinski definition) is 2. The number of amides is 1. The predicted molar refractivity (Wildman–Crippen MR) is 77.3 cm³/mol. The number of benzene rings is 1. The smallest absolute Gasteiger partial charge is 0.244 e. The van der Waals surface area contributed by atoms with Gasteiger partial charge in [-0.15, -0.1) is 0 Å². The number of anilines is 1. The van der Waals surface area contributed by atoms with E-state index in [-0.39, 0.29) is 11.6 Å². The Labute approximate surface area is 120 Å². The molecule has 1 fully saturated rings. The highest BCUT2D eigenvalue weighted by Gasteiger charge is 2.38. The fourth-order valence-corrected chi connectivity index (χ4v) is 2.97. The van der Waals surface area contributed by atoms with E-state index in [0.717, 1.165) is 12.8 Å². The topological polar surface area (TPSA) is 55.1 Å². The minimum Gasteiger partial charge on any atom is -0.322 e. The van der Waals surface area contributed by atoms with Crippen molar-refractivity contribution in [1.29, 1.82) is 0 Å². The van der Waals surface area contributed by atoms with Crippen LogP contribution in [0.4, 0.5) is 10.1 Å². The summed E-state index contributed by atoms with van der Waals surface area (Å²) < 4.78 is 14.3. The van der Waals surface area contributed by atoms with Crippen LogP contribution < -0.4 is 11.1 Å². The van der Waals surface area contributed by atoms with Crippen LogP contribution in [0.25, 0.3) is 0 Å². The normalized spacial score (nSPS) is 27.1. The number of carbonyl (C=O) groups excluding carboxylic acids is 1. The van der Waals surface area contributed by atoms with Gasteiger partial charge in [-0.3, -0.25) is 4.79 Å². The highest BCUT2D eigenvalue weighted by molar-refractivity contribution is 9.10. The van der Waals surface area contributed by atoms with Crippen molar-refractivity contribution < 1.29 is 9.18 Å². The molecule has 2 atom stereocenters. The highest BCUT2D eigenvalue weighted by Crippen LogP contribution is 2.31. The highest BCUT2D eigenvalue weighted by atomic mass is 79.9. The van der Waals surface area contributed by atoms with Crippen LogP contribution in [0.15, 0.2) is 22.7 Å². The van der Waals surface area contributed by atoms with E-state index in [1.54, 1.807) is 6.07 Å². The predicted octanol–water partition coefficient (Wildman–Crippen LogP) is 3.43. The summed E-state index contributed by atoms with van der Waals surface area (Å²) in [6, 6.07) is 4.54. The maximum Gasteiger partial charge on any atom is 0.244 e. The Morgan fingerprint density at radius 1 is 1.58 bits per heavy atom. The summed E-state index contributed by atoms with van der Waals surface area (Å²) in [5, 5.41) is 2.61. The molecule has 0 aliphatic heterocycles. The maximum atomic E-state index is 13.7. The summed E-state index contributed by atoms with van der Waals surface area (Å²) in [5.41, 5.74) is 5.48. The lowest BCUT2D eigenvalue weighted by Crippen LogP contribution is -2.53. The number of nitrogens with one attached hydrogen (secondary N) is 1. The molecular weight excluding hydrogens is 311 g/mol. The fraction of sp³-hybridized carbons (Fsp3) is 0.500. The van der Waals surface area contributed by atoms with Gasteiger partial charge in [0.25, 0.3) is 0 Å². The van der Waals surface area contributed by atoms with Crippen molar-refractivity contribution >= 4 is 27.5 Å². The van der Waals surface area contributed by atoms with Crippen molar-refractivity contribution in [3.63, 3.8) is 0 Å². The quantitative estimate of drug-likeness (QED) is 0.873. The third-order valence-electron chi connectivity index (χ3n) is 3.66. The molecular formula is C14H18BrFN2O. The number of carbonyl (C=O) groups is 1. The Hall–Kier alpha value is -0.940. The Kier molecular flexibility index (Phi) is 4.26. The van der Waals surface area contributed by atoms with Gasteiger partial charge in [-0.25, -0.2) is 4.39 Å². The average Bonchev–Trinajstić information content (AvgIpc) is 2.32. The van der Waals surface area contributed by atoms with Crippen LogP contribution in [0.2, 0.25) is 0 Å². The van der Waals surface area contributed by atoms with E-state index in [0.29, 0.717) is 23.2 Å². The molecule has 2 rings (SSSR count). The van der Waals surface area contributed by atoms with Gasteiger partial charge in [0.15, 0.2) is 0 Å². The summed E-state index contributed by atoms with van der Waals surface area (Å²) in [4.78, 5) is 12.3. The molecule has 0 aromatic heterocycles. The van der Waals surface area contributed by atoms with Crippen molar-refractivity contribution in [2.75, 3.05) is 5.32 Å². The zero-order valence-electron chi connectivity index (χ0n) is 10.9. The van der Waals surface area contributed by atoms with Gasteiger partial charge in [0.1, 0.15) is 5.82 Å². The summed E-state index contributed by atoms with van der Waals surface area (Å²) in [7, 11) is 0. The average molecular weight is 329 g/mol. The third-order valence-corrected chi connectivity index (χ3v) is 4.16. The van der Waals surface area contributed by atoms with Crippen LogP contribution in [0, 0.1) is 11.7 Å². The van der Waals surface area contributed by atoms with Crippen molar-refractivity contribution in [2.45, 2.75) is 38.1 Å². The Morgan fingerprint density at radius 2 is 2.32 bits per heavy atom. The second-order valence-electron chi connectivity index (χ2n) is 5.44. The molecule has 0 heterocycles. The fourth-order valence-electron chi connectivity index (χ4n) is 2.64. The third kappa shape index (κ3) is 3.34. The number of rotatable bonds is 2. The minimum atomic E-state index is -0.878. The molecule has 1 aliphatic carbocycles. The summed E-state index contributed by atoms with van der Waals surface area (Å²) in [6.07, 6.45) is 3.34. The molecule has 1 amide bonds. The van der Waals surface area contributed by atoms with Gasteiger partial charge in [0.05, 0.1) is 11.2 Å². The lowest BCUT2D eigenvalue weighted by Gasteiger charge is -2.35. The van der Waals surface area contributed by atoms with Crippen molar-refractivity contribution in [3.05, 3.63) is 28.5 Å². The molecule has 19 heavy (non-hydrogen) atoms. The van der Waals surface area contributed by atoms with Gasteiger partial charge < -0.3 is 11.1 Å². The molecule has 0 saturated heterocycles. The molecule has 2 unspecified atom stereocenters. The second-order valence-corrected chi connectivity index (χ2v) is 6.35. The van der Waals surface area contributed by atoms with E-state index in [2.05, 4.69) is 28.2 Å². The van der Waals surface area contributed by atoms with E-state index >= 15 is 0 Å². The maximum absolute atomic E-state index is 13.7. The lowest BCUT2D eigenvalue weighted by atomic mass is 9.76. The van der Waals surface area contributed by atoms with Crippen molar-refractivity contribution in [3.8, 4) is 0 Å². The van der Waals surface area contributed by atoms with Crippen LogP contribution in [-0.4, -0.2) is 11.4 Å². The SMILES string of the molecule is CC1CCCC(N)(C(=O)Nc2ccc(Br)cc2F)C1. The first-order valence-electron chi connectivity index (χ1n) is 6.46. The first-order chi connectivity index (χ1) is 8.90. The molecule has 0 radical (unpaired) electrons. The molecule has 0 spiro atoms. The summed E-state index contributed by atoms with van der Waals surface area (Å²) >= 11 is 3.18. The van der Waals surface area contributed by atoms with Crippen molar-refractivity contribution in [1.82, 2.24) is 0 Å². The molecule has 3 N–H and O–H groups in total. The van der Waals surface area contributed by atoms with Crippen LogP contribution in [0.3, 0.4) is 0 Å². The van der Waals surface area contributed by atoms with E-state index in [1.807, 2.05) is 0 Å². The summed E-state index contributed by atoms with van der Waals surface area (Å²) in [6.45, 7) is 2.09. The first kappa shape index (κ1) is 14.5. The van der Waals surface area contributed by atoms with Crippen LogP contribution in [0.5, 0.6) is 0 Å². The van der Waals surface area contributed by atoms with E-state index in [9.17, 15) is 9.18 Å². The van der Waals surface area contributed by atoms with Crippen LogP contribution in [0.1, 0.15) is 32.6 Å². The van der Waals surface area contributed by atoms with Gasteiger partial charge in [-0.2, -0.15) is 0 Å². The molecule has 1 aliphatic rings. The zero-order chi connectivity index (χ0) is 14.0. The zero-order valence-corrected chi connectivity index (χ0v) is 12.5. The number of nitrogens with two attached hydrogens (primary N) is 1. The molecule has 3 nitrogen and oxygen atoms in total.